The molecule has 0 bridgehead atoms. The number of aromatic nitrogens is 4. The van der Waals surface area contributed by atoms with E-state index in [0.29, 0.717) is 28.1 Å². The van der Waals surface area contributed by atoms with Gasteiger partial charge in [0.25, 0.3) is 5.56 Å². The summed E-state index contributed by atoms with van der Waals surface area (Å²) in [6.45, 7) is 3.80. The topological polar surface area (TPSA) is 146 Å². The zero-order chi connectivity index (χ0) is 25.3. The molecule has 4 aromatic rings. The molecule has 3 aromatic heterocycles. The van der Waals surface area contributed by atoms with Crippen LogP contribution in [0.2, 0.25) is 5.15 Å². The predicted molar refractivity (Wildman–Crippen MR) is 132 cm³/mol. The second-order valence-corrected chi connectivity index (χ2v) is 8.63. The number of carboxylic acid groups (broad SMARTS) is 1. The highest BCUT2D eigenvalue weighted by Gasteiger charge is 2.25. The summed E-state index contributed by atoms with van der Waals surface area (Å²) in [7, 11) is 1.67. The van der Waals surface area contributed by atoms with Gasteiger partial charge in [0.15, 0.2) is 11.5 Å². The highest BCUT2D eigenvalue weighted by molar-refractivity contribution is 6.31. The minimum absolute atomic E-state index is 0.0120. The number of hydrogen-bond acceptors (Lipinski definition) is 8. The molecule has 1 aromatic carbocycles. The van der Waals surface area contributed by atoms with Crippen LogP contribution in [-0.4, -0.2) is 30.6 Å². The molecule has 3 N–H and O–H groups in total. The number of carbonyl (C=O) groups is 1. The molecule has 0 fully saturated rings. The van der Waals surface area contributed by atoms with Gasteiger partial charge < -0.3 is 20.3 Å². The Morgan fingerprint density at radius 1 is 1.17 bits per heavy atom. The van der Waals surface area contributed by atoms with Crippen molar-refractivity contribution in [3.63, 3.8) is 0 Å². The van der Waals surface area contributed by atoms with Crippen molar-refractivity contribution in [3.8, 4) is 6.07 Å². The first-order chi connectivity index (χ1) is 16.6. The molecule has 0 saturated carbocycles. The van der Waals surface area contributed by atoms with E-state index in [1.54, 1.807) is 43.7 Å². The van der Waals surface area contributed by atoms with E-state index in [4.69, 9.17) is 11.6 Å². The van der Waals surface area contributed by atoms with Crippen molar-refractivity contribution in [3.05, 3.63) is 81.4 Å². The van der Waals surface area contributed by atoms with Crippen molar-refractivity contribution in [2.45, 2.75) is 19.4 Å². The summed E-state index contributed by atoms with van der Waals surface area (Å²) in [6.07, 6.45) is 3.29. The molecule has 0 aliphatic heterocycles. The lowest BCUT2D eigenvalue weighted by atomic mass is 10.0. The molecule has 0 spiro atoms. The molecular formula is C24H20ClN7O3. The quantitative estimate of drug-likeness (QED) is 0.341. The number of nitrogens with zero attached hydrogens (tertiary/aromatic N) is 5. The van der Waals surface area contributed by atoms with Gasteiger partial charge in [-0.3, -0.25) is 4.79 Å². The molecule has 0 amide bonds. The number of benzene rings is 1. The van der Waals surface area contributed by atoms with Crippen LogP contribution < -0.4 is 16.2 Å². The average molecular weight is 490 g/mol. The number of nitrogens with one attached hydrogen (secondary N) is 2. The molecular weight excluding hydrogens is 470 g/mol. The highest BCUT2D eigenvalue weighted by atomic mass is 35.5. The van der Waals surface area contributed by atoms with Gasteiger partial charge in [-0.05, 0) is 44.2 Å². The lowest BCUT2D eigenvalue weighted by Gasteiger charge is -2.27. The second-order valence-electron chi connectivity index (χ2n) is 8.27. The standard InChI is InChI=1S/C24H20ClN7O3/c1-24(2,23-27-7-4-8-28-23)31-17-11-20(33)32(3)19-6-5-13(9-14(17)19)29-16-10-18(22(34)35)30-21(25)15(16)12-26/h4-11,31H,1-3H3,(H,29,30)(H,34,35). The van der Waals surface area contributed by atoms with Crippen molar-refractivity contribution < 1.29 is 9.90 Å². The number of nitriles is 1. The Bertz CT molecular complexity index is 1560. The molecule has 35 heavy (non-hydrogen) atoms. The Morgan fingerprint density at radius 2 is 1.89 bits per heavy atom. The molecule has 10 nitrogen and oxygen atoms in total. The van der Waals surface area contributed by atoms with Crippen LogP contribution in [0.1, 0.15) is 35.7 Å². The molecule has 0 saturated heterocycles. The van der Waals surface area contributed by atoms with Gasteiger partial charge in [-0.2, -0.15) is 5.26 Å². The fraction of sp³-hybridized carbons (Fsp3) is 0.167. The van der Waals surface area contributed by atoms with E-state index in [2.05, 4.69) is 25.6 Å². The number of rotatable bonds is 6. The van der Waals surface area contributed by atoms with Gasteiger partial charge >= 0.3 is 5.97 Å². The Kier molecular flexibility index (Phi) is 6.11. The molecule has 3 heterocycles. The van der Waals surface area contributed by atoms with Crippen LogP contribution in [0, 0.1) is 11.3 Å². The van der Waals surface area contributed by atoms with E-state index in [0.717, 1.165) is 0 Å². The van der Waals surface area contributed by atoms with E-state index in [9.17, 15) is 20.0 Å². The molecule has 0 atom stereocenters. The SMILES string of the molecule is Cn1c(=O)cc(NC(C)(C)c2ncccn2)c2cc(Nc3cc(C(=O)O)nc(Cl)c3C#N)ccc21. The monoisotopic (exact) mass is 489 g/mol. The number of pyridine rings is 2. The maximum atomic E-state index is 12.6. The van der Waals surface area contributed by atoms with Gasteiger partial charge in [0.2, 0.25) is 0 Å². The maximum Gasteiger partial charge on any atom is 0.354 e. The van der Waals surface area contributed by atoms with Crippen LogP contribution in [0.4, 0.5) is 17.1 Å². The first-order valence-electron chi connectivity index (χ1n) is 10.4. The number of carboxylic acids is 1. The fourth-order valence-corrected chi connectivity index (χ4v) is 3.88. The van der Waals surface area contributed by atoms with Crippen LogP contribution in [0.15, 0.2) is 53.6 Å². The van der Waals surface area contributed by atoms with Gasteiger partial charge in [0.05, 0.1) is 16.7 Å². The number of aryl methyl sites for hydroxylation is 1. The van der Waals surface area contributed by atoms with Crippen LogP contribution >= 0.6 is 11.6 Å². The average Bonchev–Trinajstić information content (AvgIpc) is 2.82. The number of hydrogen-bond donors (Lipinski definition) is 3. The minimum Gasteiger partial charge on any atom is -0.477 e. The first kappa shape index (κ1) is 23.7. The zero-order valence-corrected chi connectivity index (χ0v) is 19.8. The third-order valence-corrected chi connectivity index (χ3v) is 5.68. The summed E-state index contributed by atoms with van der Waals surface area (Å²) >= 11 is 6.04. The van der Waals surface area contributed by atoms with Crippen LogP contribution in [0.3, 0.4) is 0 Å². The zero-order valence-electron chi connectivity index (χ0n) is 19.0. The van der Waals surface area contributed by atoms with Crippen molar-refractivity contribution in [2.75, 3.05) is 10.6 Å². The lowest BCUT2D eigenvalue weighted by molar-refractivity contribution is 0.0690. The molecule has 0 aliphatic rings. The Hall–Kier alpha value is -4.49. The van der Waals surface area contributed by atoms with Crippen molar-refractivity contribution in [1.82, 2.24) is 19.5 Å². The van der Waals surface area contributed by atoms with Gasteiger partial charge in [0.1, 0.15) is 16.8 Å². The summed E-state index contributed by atoms with van der Waals surface area (Å²) in [5, 5.41) is 25.7. The molecule has 0 unspecified atom stereocenters. The lowest BCUT2D eigenvalue weighted by Crippen LogP contribution is -2.31. The number of fused-ring (bicyclic) bond motifs is 1. The van der Waals surface area contributed by atoms with E-state index >= 15 is 0 Å². The molecule has 0 aliphatic carbocycles. The Labute approximate surface area is 204 Å². The minimum atomic E-state index is -1.27. The third kappa shape index (κ3) is 4.62. The van der Waals surface area contributed by atoms with E-state index in [1.165, 1.54) is 16.7 Å². The smallest absolute Gasteiger partial charge is 0.354 e. The predicted octanol–water partition coefficient (Wildman–Crippen LogP) is 4.04. The number of halogens is 1. The van der Waals surface area contributed by atoms with E-state index in [-0.39, 0.29) is 27.7 Å². The fourth-order valence-electron chi connectivity index (χ4n) is 3.64. The molecule has 11 heteroatoms. The highest BCUT2D eigenvalue weighted by Crippen LogP contribution is 2.32. The number of anilines is 3. The Morgan fingerprint density at radius 3 is 2.54 bits per heavy atom. The normalized spacial score (nSPS) is 11.2. The molecule has 0 radical (unpaired) electrons. The van der Waals surface area contributed by atoms with Crippen LogP contribution in [0.25, 0.3) is 10.9 Å². The molecule has 4 rings (SSSR count). The van der Waals surface area contributed by atoms with Crippen molar-refractivity contribution in [1.29, 1.82) is 5.26 Å². The van der Waals surface area contributed by atoms with Gasteiger partial charge in [-0.1, -0.05) is 11.6 Å². The third-order valence-electron chi connectivity index (χ3n) is 5.40. The summed E-state index contributed by atoms with van der Waals surface area (Å²) in [4.78, 5) is 36.4. The second kappa shape index (κ2) is 9.04. The largest absolute Gasteiger partial charge is 0.477 e. The van der Waals surface area contributed by atoms with Gasteiger partial charge in [-0.25, -0.2) is 19.7 Å². The van der Waals surface area contributed by atoms with Gasteiger partial charge in [0, 0.05) is 42.3 Å². The van der Waals surface area contributed by atoms with E-state index in [1.807, 2.05) is 19.9 Å². The molecule has 176 valence electrons. The summed E-state index contributed by atoms with van der Waals surface area (Å²) < 4.78 is 1.52. The van der Waals surface area contributed by atoms with Crippen LogP contribution in [-0.2, 0) is 12.6 Å². The summed E-state index contributed by atoms with van der Waals surface area (Å²) in [6, 6.07) is 11.7. The Balaban J connectivity index is 1.82. The summed E-state index contributed by atoms with van der Waals surface area (Å²) in [5.41, 5.74) is 0.768. The number of aromatic carboxylic acids is 1. The van der Waals surface area contributed by atoms with E-state index < -0.39 is 11.5 Å². The van der Waals surface area contributed by atoms with Crippen molar-refractivity contribution in [2.24, 2.45) is 7.05 Å². The maximum absolute atomic E-state index is 12.6. The van der Waals surface area contributed by atoms with Crippen molar-refractivity contribution >= 4 is 45.5 Å². The summed E-state index contributed by atoms with van der Waals surface area (Å²) in [5.74, 6) is -0.723. The van der Waals surface area contributed by atoms with Gasteiger partial charge in [-0.15, -0.1) is 0 Å². The first-order valence-corrected chi connectivity index (χ1v) is 10.8. The van der Waals surface area contributed by atoms with Crippen LogP contribution in [0.5, 0.6) is 0 Å².